The summed E-state index contributed by atoms with van der Waals surface area (Å²) in [6.45, 7) is 3.81. The third-order valence-electron chi connectivity index (χ3n) is 4.70. The van der Waals surface area contributed by atoms with Gasteiger partial charge in [0.1, 0.15) is 9.71 Å². The lowest BCUT2D eigenvalue weighted by Crippen LogP contribution is -2.06. The fraction of sp³-hybridized carbons (Fsp3) is 0.190. The van der Waals surface area contributed by atoms with Crippen molar-refractivity contribution in [3.63, 3.8) is 0 Å². The number of aromatic nitrogens is 2. The van der Waals surface area contributed by atoms with E-state index in [4.69, 9.17) is 17.3 Å². The smallest absolute Gasteiger partial charge is 0.397 e. The van der Waals surface area contributed by atoms with Gasteiger partial charge in [0.25, 0.3) is 0 Å². The minimum atomic E-state index is -4.51. The Morgan fingerprint density at radius 2 is 1.94 bits per heavy atom. The van der Waals surface area contributed by atoms with Crippen LogP contribution in [0.25, 0.3) is 10.2 Å². The molecule has 0 saturated heterocycles. The van der Waals surface area contributed by atoms with Gasteiger partial charge in [0.05, 0.1) is 26.8 Å². The maximum Gasteiger partial charge on any atom is 0.417 e. The molecule has 0 atom stereocenters. The monoisotopic (exact) mass is 481 g/mol. The Labute approximate surface area is 188 Å². The van der Waals surface area contributed by atoms with E-state index in [2.05, 4.69) is 9.97 Å². The van der Waals surface area contributed by atoms with Gasteiger partial charge in [0.2, 0.25) is 5.78 Å². The molecule has 0 aliphatic rings. The van der Waals surface area contributed by atoms with Gasteiger partial charge in [-0.1, -0.05) is 11.6 Å². The standard InChI is InChI=1S/C21H15ClF3N3OS2/c1-9-5-10(2)28-20-16(9)17(26)19(31-20)18(29)15-4-3-12(30-15)7-14-13(22)6-11(8-27-14)21(23,24)25/h3-6,8H,7,26H2,1-2H3. The van der Waals surface area contributed by atoms with Crippen molar-refractivity contribution in [1.29, 1.82) is 0 Å². The first-order valence-corrected chi connectivity index (χ1v) is 11.1. The van der Waals surface area contributed by atoms with E-state index < -0.39 is 11.7 Å². The van der Waals surface area contributed by atoms with Crippen molar-refractivity contribution in [2.75, 3.05) is 5.73 Å². The van der Waals surface area contributed by atoms with Crippen LogP contribution in [0.5, 0.6) is 0 Å². The topological polar surface area (TPSA) is 68.9 Å². The Bertz CT molecular complexity index is 1330. The van der Waals surface area contributed by atoms with E-state index in [0.717, 1.165) is 38.6 Å². The number of nitrogen functional groups attached to an aromatic ring is 1. The van der Waals surface area contributed by atoms with E-state index in [9.17, 15) is 18.0 Å². The van der Waals surface area contributed by atoms with Crippen LogP contribution in [-0.2, 0) is 12.6 Å². The predicted octanol–water partition coefficient (Wildman–Crippen LogP) is 6.45. The van der Waals surface area contributed by atoms with Crippen LogP contribution in [-0.4, -0.2) is 15.8 Å². The number of nitrogens with two attached hydrogens (primary N) is 1. The van der Waals surface area contributed by atoms with Crippen LogP contribution < -0.4 is 5.73 Å². The minimum absolute atomic E-state index is 0.0678. The summed E-state index contributed by atoms with van der Waals surface area (Å²) in [5, 5.41) is 0.721. The number of anilines is 1. The first kappa shape index (κ1) is 21.7. The molecule has 0 saturated carbocycles. The summed E-state index contributed by atoms with van der Waals surface area (Å²) in [5.74, 6) is -0.208. The molecule has 2 N–H and O–H groups in total. The molecule has 0 bridgehead atoms. The Hall–Kier alpha value is -2.49. The van der Waals surface area contributed by atoms with Crippen molar-refractivity contribution in [3.05, 3.63) is 72.6 Å². The predicted molar refractivity (Wildman–Crippen MR) is 118 cm³/mol. The summed E-state index contributed by atoms with van der Waals surface area (Å²) in [4.78, 5) is 23.8. The average Bonchev–Trinajstić information content (AvgIpc) is 3.26. The quantitative estimate of drug-likeness (QED) is 0.340. The first-order valence-electron chi connectivity index (χ1n) is 9.06. The van der Waals surface area contributed by atoms with Gasteiger partial charge in [-0.2, -0.15) is 13.2 Å². The molecule has 0 aromatic carbocycles. The van der Waals surface area contributed by atoms with E-state index >= 15 is 0 Å². The normalized spacial score (nSPS) is 11.9. The average molecular weight is 482 g/mol. The van der Waals surface area contributed by atoms with E-state index in [0.29, 0.717) is 21.1 Å². The molecule has 0 amide bonds. The van der Waals surface area contributed by atoms with E-state index in [-0.39, 0.29) is 17.2 Å². The Balaban J connectivity index is 1.61. The van der Waals surface area contributed by atoms with E-state index in [1.165, 1.54) is 22.7 Å². The third kappa shape index (κ3) is 4.17. The first-order chi connectivity index (χ1) is 14.5. The molecule has 4 heterocycles. The fourth-order valence-corrected chi connectivity index (χ4v) is 5.69. The third-order valence-corrected chi connectivity index (χ3v) is 7.21. The van der Waals surface area contributed by atoms with Crippen LogP contribution in [0.1, 0.15) is 41.9 Å². The number of ketones is 1. The molecule has 0 spiro atoms. The summed E-state index contributed by atoms with van der Waals surface area (Å²) in [6, 6.07) is 6.20. The van der Waals surface area contributed by atoms with Crippen LogP contribution in [0.3, 0.4) is 0 Å². The molecule has 31 heavy (non-hydrogen) atoms. The van der Waals surface area contributed by atoms with Gasteiger partial charge in [-0.3, -0.25) is 9.78 Å². The van der Waals surface area contributed by atoms with Crippen molar-refractivity contribution in [2.45, 2.75) is 26.4 Å². The zero-order valence-electron chi connectivity index (χ0n) is 16.3. The van der Waals surface area contributed by atoms with Crippen molar-refractivity contribution >= 4 is 56.0 Å². The molecule has 10 heteroatoms. The molecule has 0 fully saturated rings. The number of nitrogens with zero attached hydrogens (tertiary/aromatic N) is 2. The molecule has 0 aliphatic carbocycles. The summed E-state index contributed by atoms with van der Waals surface area (Å²) >= 11 is 8.49. The second kappa shape index (κ2) is 7.89. The number of carbonyl (C=O) groups is 1. The molecule has 0 aliphatic heterocycles. The number of pyridine rings is 2. The molecule has 4 aromatic heterocycles. The van der Waals surface area contributed by atoms with Crippen molar-refractivity contribution in [3.8, 4) is 0 Å². The van der Waals surface area contributed by atoms with Gasteiger partial charge >= 0.3 is 6.18 Å². The largest absolute Gasteiger partial charge is 0.417 e. The lowest BCUT2D eigenvalue weighted by Gasteiger charge is -2.08. The Morgan fingerprint density at radius 3 is 2.61 bits per heavy atom. The van der Waals surface area contributed by atoms with Gasteiger partial charge in [-0.25, -0.2) is 4.98 Å². The summed E-state index contributed by atoms with van der Waals surface area (Å²) < 4.78 is 38.4. The number of fused-ring (bicyclic) bond motifs is 1. The highest BCUT2D eigenvalue weighted by atomic mass is 35.5. The summed E-state index contributed by atoms with van der Waals surface area (Å²) in [6.07, 6.45) is -3.53. The summed E-state index contributed by atoms with van der Waals surface area (Å²) in [5.41, 5.74) is 7.90. The lowest BCUT2D eigenvalue weighted by molar-refractivity contribution is -0.137. The van der Waals surface area contributed by atoms with Crippen molar-refractivity contribution in [1.82, 2.24) is 9.97 Å². The Morgan fingerprint density at radius 1 is 1.19 bits per heavy atom. The highest BCUT2D eigenvalue weighted by Crippen LogP contribution is 2.37. The zero-order valence-corrected chi connectivity index (χ0v) is 18.7. The molecule has 0 unspecified atom stereocenters. The number of rotatable bonds is 4. The molecule has 0 radical (unpaired) electrons. The molecule has 4 rings (SSSR count). The van der Waals surface area contributed by atoms with Gasteiger partial charge in [-0.15, -0.1) is 22.7 Å². The fourth-order valence-electron chi connectivity index (χ4n) is 3.26. The van der Waals surface area contributed by atoms with Crippen LogP contribution in [0.15, 0.2) is 30.5 Å². The van der Waals surface area contributed by atoms with Gasteiger partial charge in [0, 0.05) is 28.6 Å². The summed E-state index contributed by atoms with van der Waals surface area (Å²) in [7, 11) is 0. The minimum Gasteiger partial charge on any atom is -0.397 e. The van der Waals surface area contributed by atoms with Gasteiger partial charge in [-0.05, 0) is 43.7 Å². The highest BCUT2D eigenvalue weighted by molar-refractivity contribution is 7.22. The molecule has 4 nitrogen and oxygen atoms in total. The van der Waals surface area contributed by atoms with Crippen molar-refractivity contribution in [2.24, 2.45) is 0 Å². The zero-order chi connectivity index (χ0) is 22.5. The van der Waals surface area contributed by atoms with Gasteiger partial charge < -0.3 is 5.73 Å². The second-order valence-electron chi connectivity index (χ2n) is 7.03. The number of hydrogen-bond acceptors (Lipinski definition) is 6. The van der Waals surface area contributed by atoms with Gasteiger partial charge in [0.15, 0.2) is 0 Å². The SMILES string of the molecule is Cc1cc(C)c2c(N)c(C(=O)c3ccc(Cc4ncc(C(F)(F)F)cc4Cl)s3)sc2n1. The number of thiophene rings is 2. The lowest BCUT2D eigenvalue weighted by atomic mass is 10.1. The number of aryl methyl sites for hydroxylation is 2. The van der Waals surface area contributed by atoms with Crippen LogP contribution in [0.2, 0.25) is 5.02 Å². The van der Waals surface area contributed by atoms with Crippen LogP contribution in [0.4, 0.5) is 18.9 Å². The maximum atomic E-state index is 13.1. The van der Waals surface area contributed by atoms with E-state index in [1.807, 2.05) is 19.9 Å². The number of carbonyl (C=O) groups excluding carboxylic acids is 1. The van der Waals surface area contributed by atoms with Crippen LogP contribution in [0, 0.1) is 13.8 Å². The van der Waals surface area contributed by atoms with Crippen molar-refractivity contribution < 1.29 is 18.0 Å². The Kier molecular flexibility index (Phi) is 5.53. The number of hydrogen-bond donors (Lipinski definition) is 1. The second-order valence-corrected chi connectivity index (χ2v) is 9.60. The number of alkyl halides is 3. The molecule has 4 aromatic rings. The highest BCUT2D eigenvalue weighted by Gasteiger charge is 2.31. The van der Waals surface area contributed by atoms with E-state index in [1.54, 1.807) is 12.1 Å². The molecular formula is C21H15ClF3N3OS2. The molecule has 160 valence electrons. The maximum absolute atomic E-state index is 13.1. The van der Waals surface area contributed by atoms with Crippen LogP contribution >= 0.6 is 34.3 Å². The molecular weight excluding hydrogens is 467 g/mol. The number of halogens is 4.